The highest BCUT2D eigenvalue weighted by molar-refractivity contribution is 5.75. The van der Waals surface area contributed by atoms with Crippen LogP contribution in [0.5, 0.6) is 0 Å². The monoisotopic (exact) mass is 567 g/mol. The van der Waals surface area contributed by atoms with E-state index < -0.39 is 0 Å². The second-order valence-corrected chi connectivity index (χ2v) is 11.1. The van der Waals surface area contributed by atoms with Gasteiger partial charge in [-0.05, 0) is 99.1 Å². The smallest absolute Gasteiger partial charge is 0.150 e. The van der Waals surface area contributed by atoms with E-state index in [2.05, 4.69) is 84.2 Å². The number of carbonyl (C=O) groups excluding carboxylic acids is 1. The van der Waals surface area contributed by atoms with Gasteiger partial charge in [0.25, 0.3) is 0 Å². The van der Waals surface area contributed by atoms with Gasteiger partial charge >= 0.3 is 0 Å². The van der Waals surface area contributed by atoms with E-state index in [-0.39, 0.29) is 6.61 Å². The minimum Gasteiger partial charge on any atom is -0.396 e. The number of nitriles is 1. The zero-order valence-corrected chi connectivity index (χ0v) is 27.3. The van der Waals surface area contributed by atoms with Crippen LogP contribution in [0.15, 0.2) is 96.6 Å². The third kappa shape index (κ3) is 15.3. The molecule has 0 heterocycles. The highest BCUT2D eigenvalue weighted by atomic mass is 16.3. The molecule has 0 bridgehead atoms. The number of allylic oxidation sites excluding steroid dienone is 8. The molecule has 0 saturated heterocycles. The van der Waals surface area contributed by atoms with E-state index in [1.807, 2.05) is 45.1 Å². The summed E-state index contributed by atoms with van der Waals surface area (Å²) in [6, 6.07) is 16.2. The molecule has 0 spiro atoms. The first-order chi connectivity index (χ1) is 20.0. The number of aliphatic hydroxyl groups excluding tert-OH is 1. The third-order valence-corrected chi connectivity index (χ3v) is 6.65. The van der Waals surface area contributed by atoms with Crippen molar-refractivity contribution in [2.45, 2.75) is 81.1 Å². The van der Waals surface area contributed by atoms with Crippen LogP contribution < -0.4 is 0 Å². The van der Waals surface area contributed by atoms with Crippen molar-refractivity contribution in [3.63, 3.8) is 0 Å². The molecule has 42 heavy (non-hydrogen) atoms. The lowest BCUT2D eigenvalue weighted by molar-refractivity contribution is 0.112. The highest BCUT2D eigenvalue weighted by Crippen LogP contribution is 2.20. The van der Waals surface area contributed by atoms with Gasteiger partial charge in [-0.15, -0.1) is 0 Å². The van der Waals surface area contributed by atoms with Gasteiger partial charge in [0.2, 0.25) is 0 Å². The molecule has 2 aromatic carbocycles. The standard InChI is InChI=1S/C16H24O.C12H13NO.C11H16/c1-4-15(5-2)16-8-6-14(7-9-16)12-13(3)10-11-17;1-9(2)5-11-4-3-10(8-14)6-12(11)7-13;1-6-7-8-11(9(2)3)10(4)5/h4,6-9,13,17H,5,10-12H2,1-3H3;3-4,6,8-9H,5H2,1-2H3;6-8H,2,4H2,1,3,5H3/b15-4+;;7-6-. The molecule has 0 fully saturated rings. The van der Waals surface area contributed by atoms with Crippen molar-refractivity contribution in [3.8, 4) is 6.07 Å². The normalized spacial score (nSPS) is 11.4. The molecular weight excluding hydrogens is 514 g/mol. The molecule has 226 valence electrons. The Morgan fingerprint density at radius 3 is 2.05 bits per heavy atom. The Kier molecular flexibility index (Phi) is 20.0. The van der Waals surface area contributed by atoms with Crippen molar-refractivity contribution in [1.82, 2.24) is 0 Å². The summed E-state index contributed by atoms with van der Waals surface area (Å²) in [4.78, 5) is 10.5. The van der Waals surface area contributed by atoms with Crippen LogP contribution in [0, 0.1) is 23.2 Å². The van der Waals surface area contributed by atoms with Gasteiger partial charge in [-0.3, -0.25) is 4.79 Å². The molecule has 0 saturated carbocycles. The maximum Gasteiger partial charge on any atom is 0.150 e. The van der Waals surface area contributed by atoms with Crippen molar-refractivity contribution in [2.24, 2.45) is 11.8 Å². The van der Waals surface area contributed by atoms with E-state index in [1.54, 1.807) is 12.1 Å². The fourth-order valence-electron chi connectivity index (χ4n) is 4.39. The lowest BCUT2D eigenvalue weighted by atomic mass is 9.96. The van der Waals surface area contributed by atoms with E-state index in [1.165, 1.54) is 16.7 Å². The van der Waals surface area contributed by atoms with E-state index in [4.69, 9.17) is 10.4 Å². The number of benzene rings is 2. The molecule has 1 atom stereocenters. The Balaban J connectivity index is 0.000000616. The quantitative estimate of drug-likeness (QED) is 0.205. The number of hydrogen-bond donors (Lipinski definition) is 1. The Labute approximate surface area is 256 Å². The number of rotatable bonds is 12. The van der Waals surface area contributed by atoms with Crippen molar-refractivity contribution >= 4 is 11.9 Å². The second-order valence-electron chi connectivity index (χ2n) is 11.1. The Morgan fingerprint density at radius 2 is 1.62 bits per heavy atom. The largest absolute Gasteiger partial charge is 0.396 e. The molecule has 1 unspecified atom stereocenters. The van der Waals surface area contributed by atoms with Gasteiger partial charge in [0, 0.05) is 12.2 Å². The first-order valence-electron chi connectivity index (χ1n) is 15.0. The van der Waals surface area contributed by atoms with Gasteiger partial charge < -0.3 is 5.11 Å². The van der Waals surface area contributed by atoms with Crippen molar-refractivity contribution in [2.75, 3.05) is 6.61 Å². The topological polar surface area (TPSA) is 61.1 Å². The molecule has 0 aromatic heterocycles. The number of aliphatic hydroxyl groups is 1. The fourth-order valence-corrected chi connectivity index (χ4v) is 4.39. The van der Waals surface area contributed by atoms with Crippen molar-refractivity contribution in [1.29, 1.82) is 5.26 Å². The van der Waals surface area contributed by atoms with E-state index in [0.29, 0.717) is 23.0 Å². The fraction of sp³-hybridized carbons (Fsp3) is 0.385. The summed E-state index contributed by atoms with van der Waals surface area (Å²) < 4.78 is 0. The van der Waals surface area contributed by atoms with E-state index >= 15 is 0 Å². The minimum absolute atomic E-state index is 0.289. The first kappa shape index (κ1) is 38.3. The molecule has 0 amide bonds. The molecule has 3 nitrogen and oxygen atoms in total. The van der Waals surface area contributed by atoms with Gasteiger partial charge in [0.05, 0.1) is 11.6 Å². The van der Waals surface area contributed by atoms with Crippen molar-refractivity contribution in [3.05, 3.63) is 124 Å². The predicted octanol–water partition coefficient (Wildman–Crippen LogP) is 10.3. The summed E-state index contributed by atoms with van der Waals surface area (Å²) in [5.41, 5.74) is 9.56. The van der Waals surface area contributed by atoms with E-state index in [0.717, 1.165) is 54.3 Å². The zero-order valence-electron chi connectivity index (χ0n) is 27.3. The lowest BCUT2D eigenvalue weighted by Crippen LogP contribution is -2.02. The molecule has 0 radical (unpaired) electrons. The van der Waals surface area contributed by atoms with Crippen LogP contribution in [-0.4, -0.2) is 18.0 Å². The van der Waals surface area contributed by atoms with Crippen LogP contribution >= 0.6 is 0 Å². The number of aldehydes is 1. The first-order valence-corrected chi connectivity index (χ1v) is 15.0. The molecule has 0 aliphatic rings. The van der Waals surface area contributed by atoms with Crippen LogP contribution in [0.1, 0.15) is 101 Å². The van der Waals surface area contributed by atoms with Crippen LogP contribution in [0.25, 0.3) is 5.57 Å². The summed E-state index contributed by atoms with van der Waals surface area (Å²) in [5, 5.41) is 17.8. The van der Waals surface area contributed by atoms with Gasteiger partial charge in [-0.2, -0.15) is 5.26 Å². The van der Waals surface area contributed by atoms with Gasteiger partial charge in [0.15, 0.2) is 0 Å². The Morgan fingerprint density at radius 1 is 1.00 bits per heavy atom. The maximum atomic E-state index is 10.5. The Bertz CT molecular complexity index is 1230. The van der Waals surface area contributed by atoms with Crippen LogP contribution in [0.3, 0.4) is 0 Å². The van der Waals surface area contributed by atoms with Crippen LogP contribution in [0.2, 0.25) is 0 Å². The molecular formula is C39H53NO2. The molecule has 1 N–H and O–H groups in total. The maximum absolute atomic E-state index is 10.5. The third-order valence-electron chi connectivity index (χ3n) is 6.65. The summed E-state index contributed by atoms with van der Waals surface area (Å²) in [6.45, 7) is 24.7. The van der Waals surface area contributed by atoms with Gasteiger partial charge in [-0.1, -0.05) is 113 Å². The molecule has 3 heteroatoms. The second kappa shape index (κ2) is 21.9. The average molecular weight is 568 g/mol. The van der Waals surface area contributed by atoms with Crippen LogP contribution in [-0.2, 0) is 12.8 Å². The number of nitrogens with zero attached hydrogens (tertiary/aromatic N) is 1. The SMILES string of the molecule is C/C=C(\CC)c1ccc(CC(C)CCO)cc1.C=C(C)C(=C/C=C\C)C(=C)C.CC(C)Cc1ccc(C=O)cc1C#N. The van der Waals surface area contributed by atoms with Crippen LogP contribution in [0.4, 0.5) is 0 Å². The highest BCUT2D eigenvalue weighted by Gasteiger charge is 2.06. The number of carbonyl (C=O) groups is 1. The van der Waals surface area contributed by atoms with Gasteiger partial charge in [-0.25, -0.2) is 0 Å². The minimum atomic E-state index is 0.289. The molecule has 2 rings (SSSR count). The zero-order chi connectivity index (χ0) is 32.1. The number of hydrogen-bond acceptors (Lipinski definition) is 3. The Hall–Kier alpha value is -3.74. The summed E-state index contributed by atoms with van der Waals surface area (Å²) in [5.74, 6) is 1.07. The average Bonchev–Trinajstić information content (AvgIpc) is 2.95. The molecule has 2 aromatic rings. The van der Waals surface area contributed by atoms with E-state index in [9.17, 15) is 4.79 Å². The summed E-state index contributed by atoms with van der Waals surface area (Å²) in [7, 11) is 0. The lowest BCUT2D eigenvalue weighted by Gasteiger charge is -2.11. The summed E-state index contributed by atoms with van der Waals surface area (Å²) in [6.07, 6.45) is 12.9. The molecule has 0 aliphatic carbocycles. The van der Waals surface area contributed by atoms with Crippen molar-refractivity contribution < 1.29 is 9.90 Å². The molecule has 0 aliphatic heterocycles. The predicted molar refractivity (Wildman–Crippen MR) is 183 cm³/mol. The summed E-state index contributed by atoms with van der Waals surface area (Å²) >= 11 is 0. The van der Waals surface area contributed by atoms with Gasteiger partial charge in [0.1, 0.15) is 6.29 Å².